The molecule has 1 N–H and O–H groups in total. The van der Waals surface area contributed by atoms with Crippen LogP contribution >= 0.6 is 0 Å². The van der Waals surface area contributed by atoms with Gasteiger partial charge in [-0.05, 0) is 24.6 Å². The SMILES string of the molecule is CCOC(=O)CCNCc1ccc(OCCC(F)(F)F)c(F)c1. The molecule has 0 radical (unpaired) electrons. The number of ether oxygens (including phenoxy) is 2. The van der Waals surface area contributed by atoms with Crippen molar-refractivity contribution < 1.29 is 31.8 Å². The first kappa shape index (κ1) is 19.2. The van der Waals surface area contributed by atoms with Crippen LogP contribution < -0.4 is 10.1 Å². The third-order valence-electron chi connectivity index (χ3n) is 2.78. The molecule has 130 valence electrons. The van der Waals surface area contributed by atoms with Gasteiger partial charge in [0.05, 0.1) is 26.1 Å². The first-order chi connectivity index (χ1) is 10.8. The minimum absolute atomic E-state index is 0.203. The Balaban J connectivity index is 2.36. The number of hydrogen-bond donors (Lipinski definition) is 1. The van der Waals surface area contributed by atoms with Gasteiger partial charge in [0.1, 0.15) is 0 Å². The summed E-state index contributed by atoms with van der Waals surface area (Å²) in [6.45, 7) is 2.10. The molecule has 1 aromatic rings. The highest BCUT2D eigenvalue weighted by molar-refractivity contribution is 5.69. The zero-order valence-electron chi connectivity index (χ0n) is 12.7. The van der Waals surface area contributed by atoms with Gasteiger partial charge in [-0.25, -0.2) is 4.39 Å². The van der Waals surface area contributed by atoms with Crippen LogP contribution in [0.25, 0.3) is 0 Å². The molecule has 0 aliphatic carbocycles. The average molecular weight is 337 g/mol. The Labute approximate surface area is 131 Å². The van der Waals surface area contributed by atoms with E-state index in [1.54, 1.807) is 13.0 Å². The van der Waals surface area contributed by atoms with Crippen molar-refractivity contribution in [3.8, 4) is 5.75 Å². The molecule has 0 saturated carbocycles. The molecular formula is C15H19F4NO3. The summed E-state index contributed by atoms with van der Waals surface area (Å²) >= 11 is 0. The number of rotatable bonds is 9. The third-order valence-corrected chi connectivity index (χ3v) is 2.78. The van der Waals surface area contributed by atoms with Crippen molar-refractivity contribution in [2.45, 2.75) is 32.5 Å². The molecule has 0 fully saturated rings. The van der Waals surface area contributed by atoms with E-state index in [9.17, 15) is 22.4 Å². The topological polar surface area (TPSA) is 47.6 Å². The average Bonchev–Trinajstić information content (AvgIpc) is 2.45. The third kappa shape index (κ3) is 8.39. The van der Waals surface area contributed by atoms with E-state index < -0.39 is 25.0 Å². The number of alkyl halides is 3. The smallest absolute Gasteiger partial charge is 0.392 e. The second kappa shape index (κ2) is 9.34. The highest BCUT2D eigenvalue weighted by Gasteiger charge is 2.27. The highest BCUT2D eigenvalue weighted by Crippen LogP contribution is 2.22. The molecule has 0 amide bonds. The van der Waals surface area contributed by atoms with Crippen molar-refractivity contribution in [2.24, 2.45) is 0 Å². The molecule has 1 aromatic carbocycles. The fourth-order valence-electron chi connectivity index (χ4n) is 1.70. The lowest BCUT2D eigenvalue weighted by atomic mass is 10.2. The fraction of sp³-hybridized carbons (Fsp3) is 0.533. The number of carbonyl (C=O) groups excluding carboxylic acids is 1. The summed E-state index contributed by atoms with van der Waals surface area (Å²) in [6.07, 6.45) is -5.27. The van der Waals surface area contributed by atoms with Crippen LogP contribution in [0.15, 0.2) is 18.2 Å². The molecule has 0 aliphatic rings. The number of halogens is 4. The molecule has 0 bridgehead atoms. The number of carbonyl (C=O) groups is 1. The van der Waals surface area contributed by atoms with Gasteiger partial charge in [-0.1, -0.05) is 6.07 Å². The molecule has 0 aromatic heterocycles. The summed E-state index contributed by atoms with van der Waals surface area (Å²) in [6, 6.07) is 4.01. The first-order valence-electron chi connectivity index (χ1n) is 7.16. The Morgan fingerprint density at radius 1 is 1.30 bits per heavy atom. The molecule has 0 saturated heterocycles. The fourth-order valence-corrected chi connectivity index (χ4v) is 1.70. The van der Waals surface area contributed by atoms with E-state index in [4.69, 9.17) is 9.47 Å². The molecule has 0 spiro atoms. The molecule has 0 aliphatic heterocycles. The maximum atomic E-state index is 13.7. The van der Waals surface area contributed by atoms with Gasteiger partial charge >= 0.3 is 12.1 Å². The largest absolute Gasteiger partial charge is 0.490 e. The summed E-state index contributed by atoms with van der Waals surface area (Å²) in [5, 5.41) is 2.94. The van der Waals surface area contributed by atoms with Gasteiger partial charge < -0.3 is 14.8 Å². The minimum atomic E-state index is -4.33. The van der Waals surface area contributed by atoms with Crippen LogP contribution in [0.3, 0.4) is 0 Å². The molecule has 1 rings (SSSR count). The second-order valence-corrected chi connectivity index (χ2v) is 4.71. The van der Waals surface area contributed by atoms with Crippen molar-refractivity contribution in [3.63, 3.8) is 0 Å². The van der Waals surface area contributed by atoms with Crippen LogP contribution in [-0.2, 0) is 16.1 Å². The minimum Gasteiger partial charge on any atom is -0.490 e. The van der Waals surface area contributed by atoms with Gasteiger partial charge in [-0.15, -0.1) is 0 Å². The Kier molecular flexibility index (Phi) is 7.80. The summed E-state index contributed by atoms with van der Waals surface area (Å²) < 4.78 is 59.2. The monoisotopic (exact) mass is 337 g/mol. The maximum absolute atomic E-state index is 13.7. The summed E-state index contributed by atoms with van der Waals surface area (Å²) in [5.41, 5.74) is 0.592. The van der Waals surface area contributed by atoms with Crippen molar-refractivity contribution in [2.75, 3.05) is 19.8 Å². The van der Waals surface area contributed by atoms with E-state index in [2.05, 4.69) is 5.32 Å². The van der Waals surface area contributed by atoms with Crippen LogP contribution in [0.1, 0.15) is 25.3 Å². The zero-order chi connectivity index (χ0) is 17.3. The molecule has 8 heteroatoms. The number of benzene rings is 1. The zero-order valence-corrected chi connectivity index (χ0v) is 12.7. The van der Waals surface area contributed by atoms with E-state index >= 15 is 0 Å². The van der Waals surface area contributed by atoms with E-state index in [-0.39, 0.29) is 18.1 Å². The number of esters is 1. The molecular weight excluding hydrogens is 318 g/mol. The predicted octanol–water partition coefficient (Wildman–Crippen LogP) is 3.20. The summed E-state index contributed by atoms with van der Waals surface area (Å²) in [7, 11) is 0. The summed E-state index contributed by atoms with van der Waals surface area (Å²) in [4.78, 5) is 11.1. The van der Waals surface area contributed by atoms with Crippen molar-refractivity contribution in [3.05, 3.63) is 29.6 Å². The van der Waals surface area contributed by atoms with Gasteiger partial charge in [-0.3, -0.25) is 4.79 Å². The maximum Gasteiger partial charge on any atom is 0.392 e. The van der Waals surface area contributed by atoms with E-state index in [0.717, 1.165) is 0 Å². The molecule has 0 unspecified atom stereocenters. The van der Waals surface area contributed by atoms with Crippen LogP contribution in [0.2, 0.25) is 0 Å². The predicted molar refractivity (Wildman–Crippen MR) is 75.5 cm³/mol. The van der Waals surface area contributed by atoms with E-state index in [1.165, 1.54) is 12.1 Å². The Bertz CT molecular complexity index is 506. The lowest BCUT2D eigenvalue weighted by molar-refractivity contribution is -0.143. The van der Waals surface area contributed by atoms with Gasteiger partial charge in [-0.2, -0.15) is 13.2 Å². The van der Waals surface area contributed by atoms with Crippen molar-refractivity contribution >= 4 is 5.97 Å². The van der Waals surface area contributed by atoms with Gasteiger partial charge in [0.25, 0.3) is 0 Å². The highest BCUT2D eigenvalue weighted by atomic mass is 19.4. The first-order valence-corrected chi connectivity index (χ1v) is 7.16. The normalized spacial score (nSPS) is 11.3. The Morgan fingerprint density at radius 2 is 2.04 bits per heavy atom. The van der Waals surface area contributed by atoms with E-state index in [0.29, 0.717) is 25.3 Å². The van der Waals surface area contributed by atoms with Gasteiger partial charge in [0.15, 0.2) is 11.6 Å². The van der Waals surface area contributed by atoms with Gasteiger partial charge in [0.2, 0.25) is 0 Å². The Hall–Kier alpha value is -1.83. The number of hydrogen-bond acceptors (Lipinski definition) is 4. The van der Waals surface area contributed by atoms with E-state index in [1.807, 2.05) is 0 Å². The lowest BCUT2D eigenvalue weighted by Crippen LogP contribution is -2.19. The quantitative estimate of drug-likeness (QED) is 0.427. The van der Waals surface area contributed by atoms with Crippen LogP contribution in [0.5, 0.6) is 5.75 Å². The van der Waals surface area contributed by atoms with Gasteiger partial charge in [0, 0.05) is 13.1 Å². The standard InChI is InChI=1S/C15H19F4NO3/c1-2-22-14(21)5-7-20-10-11-3-4-13(12(16)9-11)23-8-6-15(17,18)19/h3-4,9,20H,2,5-8,10H2,1H3. The molecule has 23 heavy (non-hydrogen) atoms. The number of nitrogens with one attached hydrogen (secondary N) is 1. The van der Waals surface area contributed by atoms with Crippen LogP contribution in [0, 0.1) is 5.82 Å². The molecule has 0 atom stereocenters. The Morgan fingerprint density at radius 3 is 2.65 bits per heavy atom. The molecule has 0 heterocycles. The van der Waals surface area contributed by atoms with Crippen molar-refractivity contribution in [1.82, 2.24) is 5.32 Å². The molecule has 4 nitrogen and oxygen atoms in total. The lowest BCUT2D eigenvalue weighted by Gasteiger charge is -2.10. The summed E-state index contributed by atoms with van der Waals surface area (Å²) in [5.74, 6) is -1.26. The van der Waals surface area contributed by atoms with Crippen LogP contribution in [0.4, 0.5) is 17.6 Å². The van der Waals surface area contributed by atoms with Crippen LogP contribution in [-0.4, -0.2) is 31.9 Å². The second-order valence-electron chi connectivity index (χ2n) is 4.71. The van der Waals surface area contributed by atoms with Crippen molar-refractivity contribution in [1.29, 1.82) is 0 Å².